The van der Waals surface area contributed by atoms with Gasteiger partial charge in [-0.3, -0.25) is 9.59 Å². The van der Waals surface area contributed by atoms with Crippen LogP contribution < -0.4 is 5.32 Å². The van der Waals surface area contributed by atoms with Crippen LogP contribution in [-0.2, 0) is 22.6 Å². The second-order valence-electron chi connectivity index (χ2n) is 6.85. The summed E-state index contributed by atoms with van der Waals surface area (Å²) in [6.07, 6.45) is 3.35. The van der Waals surface area contributed by atoms with E-state index in [0.29, 0.717) is 19.0 Å². The molecule has 0 saturated carbocycles. The first kappa shape index (κ1) is 16.0. The molecule has 23 heavy (non-hydrogen) atoms. The Hall–Kier alpha value is -1.92. The second-order valence-corrected chi connectivity index (χ2v) is 6.85. The van der Waals surface area contributed by atoms with Gasteiger partial charge in [-0.1, -0.05) is 13.8 Å². The zero-order valence-electron chi connectivity index (χ0n) is 14.1. The van der Waals surface area contributed by atoms with Crippen LogP contribution in [0.25, 0.3) is 0 Å². The predicted molar refractivity (Wildman–Crippen MR) is 84.8 cm³/mol. The van der Waals surface area contributed by atoms with Crippen molar-refractivity contribution in [2.75, 3.05) is 6.54 Å². The Morgan fingerprint density at radius 1 is 1.26 bits per heavy atom. The highest BCUT2D eigenvalue weighted by Crippen LogP contribution is 2.21. The molecule has 0 radical (unpaired) electrons. The Balaban J connectivity index is 1.66. The van der Waals surface area contributed by atoms with E-state index in [1.54, 1.807) is 4.90 Å². The van der Waals surface area contributed by atoms with Crippen molar-refractivity contribution < 1.29 is 9.59 Å². The lowest BCUT2D eigenvalue weighted by molar-refractivity contribution is -0.137. The van der Waals surface area contributed by atoms with Crippen LogP contribution >= 0.6 is 0 Å². The monoisotopic (exact) mass is 319 g/mol. The topological polar surface area (TPSA) is 80.1 Å². The van der Waals surface area contributed by atoms with Gasteiger partial charge in [-0.05, 0) is 19.3 Å². The zero-order chi connectivity index (χ0) is 16.6. The summed E-state index contributed by atoms with van der Waals surface area (Å²) < 4.78 is 2.14. The molecule has 3 heterocycles. The maximum Gasteiger partial charge on any atom is 0.243 e. The number of carbonyl (C=O) groups is 2. The molecule has 0 spiro atoms. The van der Waals surface area contributed by atoms with E-state index in [1.165, 1.54) is 6.92 Å². The Morgan fingerprint density at radius 2 is 2.04 bits per heavy atom. The highest BCUT2D eigenvalue weighted by atomic mass is 16.2. The SMILES string of the molecule is CC(=O)N1CCC[C@@H]1C(=O)NC1CCc2nnc(C(C)C)n2C1. The van der Waals surface area contributed by atoms with Crippen LogP contribution in [0.3, 0.4) is 0 Å². The molecule has 2 aliphatic heterocycles. The van der Waals surface area contributed by atoms with Crippen molar-refractivity contribution in [3.8, 4) is 0 Å². The average Bonchev–Trinajstić information content (AvgIpc) is 3.13. The van der Waals surface area contributed by atoms with Gasteiger partial charge in [-0.25, -0.2) is 0 Å². The average molecular weight is 319 g/mol. The lowest BCUT2D eigenvalue weighted by Gasteiger charge is -2.29. The molecular weight excluding hydrogens is 294 g/mol. The minimum atomic E-state index is -0.306. The van der Waals surface area contributed by atoms with Crippen molar-refractivity contribution in [1.82, 2.24) is 25.0 Å². The van der Waals surface area contributed by atoms with Gasteiger partial charge in [0.25, 0.3) is 0 Å². The Kier molecular flexibility index (Phi) is 4.37. The van der Waals surface area contributed by atoms with Gasteiger partial charge >= 0.3 is 0 Å². The van der Waals surface area contributed by atoms with Crippen molar-refractivity contribution in [3.05, 3.63) is 11.6 Å². The van der Waals surface area contributed by atoms with Gasteiger partial charge in [-0.15, -0.1) is 10.2 Å². The first-order valence-electron chi connectivity index (χ1n) is 8.47. The number of hydrogen-bond acceptors (Lipinski definition) is 4. The van der Waals surface area contributed by atoms with E-state index in [9.17, 15) is 9.59 Å². The third-order valence-corrected chi connectivity index (χ3v) is 4.80. The van der Waals surface area contributed by atoms with Gasteiger partial charge in [0.1, 0.15) is 17.7 Å². The molecule has 7 heteroatoms. The molecule has 1 N–H and O–H groups in total. The quantitative estimate of drug-likeness (QED) is 0.895. The number of aryl methyl sites for hydroxylation is 1. The molecule has 1 unspecified atom stereocenters. The Labute approximate surface area is 136 Å². The van der Waals surface area contributed by atoms with Crippen molar-refractivity contribution >= 4 is 11.8 Å². The highest BCUT2D eigenvalue weighted by Gasteiger charge is 2.34. The van der Waals surface area contributed by atoms with E-state index in [4.69, 9.17) is 0 Å². The van der Waals surface area contributed by atoms with E-state index in [-0.39, 0.29) is 23.9 Å². The molecule has 3 rings (SSSR count). The maximum absolute atomic E-state index is 12.6. The van der Waals surface area contributed by atoms with Crippen LogP contribution in [0.15, 0.2) is 0 Å². The van der Waals surface area contributed by atoms with Gasteiger partial charge in [0.15, 0.2) is 0 Å². The van der Waals surface area contributed by atoms with E-state index >= 15 is 0 Å². The van der Waals surface area contributed by atoms with Gasteiger partial charge < -0.3 is 14.8 Å². The van der Waals surface area contributed by atoms with E-state index in [2.05, 4.69) is 33.9 Å². The molecule has 1 aromatic rings. The van der Waals surface area contributed by atoms with Crippen LogP contribution in [0.4, 0.5) is 0 Å². The standard InChI is InChI=1S/C16H25N5O2/c1-10(2)15-19-18-14-7-6-12(9-21(14)15)17-16(23)13-5-4-8-20(13)11(3)22/h10,12-13H,4-9H2,1-3H3,(H,17,23)/t12?,13-/m1/s1. The number of rotatable bonds is 3. The van der Waals surface area contributed by atoms with Crippen LogP contribution in [0.1, 0.15) is 57.6 Å². The number of carbonyl (C=O) groups excluding carboxylic acids is 2. The number of likely N-dealkylation sites (tertiary alicyclic amines) is 1. The summed E-state index contributed by atoms with van der Waals surface area (Å²) in [6.45, 7) is 7.13. The zero-order valence-corrected chi connectivity index (χ0v) is 14.1. The Morgan fingerprint density at radius 3 is 2.74 bits per heavy atom. The summed E-state index contributed by atoms with van der Waals surface area (Å²) in [5.74, 6) is 2.25. The number of hydrogen-bond donors (Lipinski definition) is 1. The van der Waals surface area contributed by atoms with Gasteiger partial charge in [-0.2, -0.15) is 0 Å². The van der Waals surface area contributed by atoms with Crippen LogP contribution in [0.2, 0.25) is 0 Å². The lowest BCUT2D eigenvalue weighted by atomic mass is 10.1. The largest absolute Gasteiger partial charge is 0.350 e. The van der Waals surface area contributed by atoms with Crippen LogP contribution in [-0.4, -0.2) is 50.1 Å². The Bertz CT molecular complexity index is 610. The summed E-state index contributed by atoms with van der Waals surface area (Å²) in [5.41, 5.74) is 0. The molecule has 2 aliphatic rings. The second kappa shape index (κ2) is 6.29. The minimum absolute atomic E-state index is 0.0190. The molecule has 7 nitrogen and oxygen atoms in total. The molecule has 0 bridgehead atoms. The summed E-state index contributed by atoms with van der Waals surface area (Å²) in [6, 6.07) is -0.225. The molecule has 126 valence electrons. The van der Waals surface area contributed by atoms with Crippen LogP contribution in [0.5, 0.6) is 0 Å². The fourth-order valence-corrected chi connectivity index (χ4v) is 3.61. The highest BCUT2D eigenvalue weighted by molar-refractivity contribution is 5.87. The van der Waals surface area contributed by atoms with Crippen molar-refractivity contribution in [3.63, 3.8) is 0 Å². The number of fused-ring (bicyclic) bond motifs is 1. The number of nitrogens with one attached hydrogen (secondary N) is 1. The summed E-state index contributed by atoms with van der Waals surface area (Å²) in [7, 11) is 0. The molecule has 1 saturated heterocycles. The summed E-state index contributed by atoms with van der Waals surface area (Å²) >= 11 is 0. The molecule has 0 aliphatic carbocycles. The smallest absolute Gasteiger partial charge is 0.243 e. The van der Waals surface area contributed by atoms with Gasteiger partial charge in [0.2, 0.25) is 11.8 Å². The lowest BCUT2D eigenvalue weighted by Crippen LogP contribution is -2.50. The number of amides is 2. The van der Waals surface area contributed by atoms with Crippen molar-refractivity contribution in [2.24, 2.45) is 0 Å². The fourth-order valence-electron chi connectivity index (χ4n) is 3.61. The number of aromatic nitrogens is 3. The molecule has 0 aromatic carbocycles. The van der Waals surface area contributed by atoms with E-state index in [1.807, 2.05) is 0 Å². The fraction of sp³-hybridized carbons (Fsp3) is 0.750. The third kappa shape index (κ3) is 3.09. The molecule has 1 aromatic heterocycles. The summed E-state index contributed by atoms with van der Waals surface area (Å²) in [4.78, 5) is 25.9. The number of nitrogens with zero attached hydrogens (tertiary/aromatic N) is 4. The van der Waals surface area contributed by atoms with Crippen LogP contribution in [0, 0.1) is 0 Å². The maximum atomic E-state index is 12.6. The third-order valence-electron chi connectivity index (χ3n) is 4.80. The molecule has 1 fully saturated rings. The van der Waals surface area contributed by atoms with Gasteiger partial charge in [0, 0.05) is 38.4 Å². The first-order valence-corrected chi connectivity index (χ1v) is 8.47. The summed E-state index contributed by atoms with van der Waals surface area (Å²) in [5, 5.41) is 11.7. The molecular formula is C16H25N5O2. The minimum Gasteiger partial charge on any atom is -0.350 e. The normalized spacial score (nSPS) is 23.9. The predicted octanol–water partition coefficient (Wildman–Crippen LogP) is 0.843. The van der Waals surface area contributed by atoms with E-state index < -0.39 is 0 Å². The van der Waals surface area contributed by atoms with E-state index in [0.717, 1.165) is 37.3 Å². The first-order chi connectivity index (χ1) is 11.0. The van der Waals surface area contributed by atoms with Gasteiger partial charge in [0.05, 0.1) is 0 Å². The molecule has 2 amide bonds. The molecule has 2 atom stereocenters. The van der Waals surface area contributed by atoms with Crippen molar-refractivity contribution in [1.29, 1.82) is 0 Å². The van der Waals surface area contributed by atoms with Crippen molar-refractivity contribution in [2.45, 2.75) is 71.0 Å².